The number of hydrogen-bond donors (Lipinski definition) is 1. The third kappa shape index (κ3) is 5.13. The van der Waals surface area contributed by atoms with E-state index in [1.807, 2.05) is 37.2 Å². The molecule has 2 aromatic rings. The van der Waals surface area contributed by atoms with Gasteiger partial charge < -0.3 is 19.3 Å². The van der Waals surface area contributed by atoms with Crippen LogP contribution in [-0.4, -0.2) is 32.9 Å². The molecule has 0 bridgehead atoms. The smallest absolute Gasteiger partial charge is 0.264 e. The normalized spacial score (nSPS) is 14.6. The van der Waals surface area contributed by atoms with Crippen molar-refractivity contribution in [1.82, 2.24) is 0 Å². The Morgan fingerprint density at radius 3 is 2.26 bits per heavy atom. The molecule has 0 spiro atoms. The van der Waals surface area contributed by atoms with Crippen molar-refractivity contribution in [2.75, 3.05) is 32.7 Å². The molecule has 0 aliphatic heterocycles. The Bertz CT molecular complexity index is 774. The summed E-state index contributed by atoms with van der Waals surface area (Å²) < 4.78 is 25.1. The molecule has 2 rings (SSSR count). The first kappa shape index (κ1) is 21.5. The third-order valence-corrected chi connectivity index (χ3v) is 6.95. The Labute approximate surface area is 162 Å². The van der Waals surface area contributed by atoms with Gasteiger partial charge in [0, 0.05) is 30.7 Å². The summed E-state index contributed by atoms with van der Waals surface area (Å²) in [5, 5.41) is 11.6. The summed E-state index contributed by atoms with van der Waals surface area (Å²) in [5.74, 6) is -0.397. The number of para-hydroxylation sites is 1. The van der Waals surface area contributed by atoms with Crippen LogP contribution in [-0.2, 0) is 9.09 Å². The van der Waals surface area contributed by atoms with Gasteiger partial charge in [0.1, 0.15) is 5.75 Å². The first-order valence-electron chi connectivity index (χ1n) is 9.12. The van der Waals surface area contributed by atoms with Crippen molar-refractivity contribution < 1.29 is 18.9 Å². The molecule has 0 fully saturated rings. The number of nitrogens with zero attached hydrogens (tertiary/aromatic N) is 1. The van der Waals surface area contributed by atoms with E-state index in [0.29, 0.717) is 29.1 Å². The largest absolute Gasteiger partial charge is 0.496 e. The highest BCUT2D eigenvalue weighted by Crippen LogP contribution is 2.59. The van der Waals surface area contributed by atoms with Gasteiger partial charge in [-0.2, -0.15) is 0 Å². The molecular weight excluding hydrogens is 361 g/mol. The Morgan fingerprint density at radius 1 is 1.07 bits per heavy atom. The van der Waals surface area contributed by atoms with Gasteiger partial charge in [-0.3, -0.25) is 4.57 Å². The molecule has 27 heavy (non-hydrogen) atoms. The highest BCUT2D eigenvalue weighted by Gasteiger charge is 2.38. The minimum absolute atomic E-state index is 0.316. The zero-order valence-corrected chi connectivity index (χ0v) is 17.6. The van der Waals surface area contributed by atoms with Crippen molar-refractivity contribution >= 4 is 18.4 Å². The number of ether oxygens (including phenoxy) is 1. The number of aliphatic hydroxyl groups is 1. The molecule has 0 amide bonds. The number of methoxy groups -OCH3 is 1. The zero-order valence-electron chi connectivity index (χ0n) is 16.8. The maximum absolute atomic E-state index is 13.9. The quantitative estimate of drug-likeness (QED) is 0.642. The summed E-state index contributed by atoms with van der Waals surface area (Å²) in [7, 11) is 1.84. The molecule has 2 aromatic carbocycles. The van der Waals surface area contributed by atoms with Gasteiger partial charge in [-0.1, -0.05) is 32.0 Å². The number of anilines is 1. The van der Waals surface area contributed by atoms with Gasteiger partial charge in [0.05, 0.1) is 13.7 Å². The Hall–Kier alpha value is -1.81. The summed E-state index contributed by atoms with van der Waals surface area (Å²) >= 11 is 0. The summed E-state index contributed by atoms with van der Waals surface area (Å²) in [5.41, 5.74) is 1.45. The molecule has 0 aliphatic rings. The summed E-state index contributed by atoms with van der Waals surface area (Å²) in [6.07, 6.45) is 0.762. The highest BCUT2D eigenvalue weighted by molar-refractivity contribution is 7.67. The molecule has 2 atom stereocenters. The first-order chi connectivity index (χ1) is 12.8. The Balaban J connectivity index is 2.44. The van der Waals surface area contributed by atoms with Crippen molar-refractivity contribution in [1.29, 1.82) is 0 Å². The van der Waals surface area contributed by atoms with E-state index in [1.165, 1.54) is 7.11 Å². The second-order valence-corrected chi connectivity index (χ2v) is 9.60. The van der Waals surface area contributed by atoms with Crippen molar-refractivity contribution in [3.8, 4) is 5.75 Å². The van der Waals surface area contributed by atoms with Crippen molar-refractivity contribution in [3.05, 3.63) is 54.1 Å². The lowest BCUT2D eigenvalue weighted by atomic mass is 10.2. The number of aliphatic hydroxyl groups excluding tert-OH is 1. The number of rotatable bonds is 9. The molecule has 0 saturated heterocycles. The molecule has 0 heterocycles. The topological polar surface area (TPSA) is 59.0 Å². The van der Waals surface area contributed by atoms with Crippen molar-refractivity contribution in [2.45, 2.75) is 26.1 Å². The second kappa shape index (κ2) is 9.41. The summed E-state index contributed by atoms with van der Waals surface area (Å²) in [6, 6.07) is 14.3. The molecular formula is C21H30NO4P. The fraction of sp³-hybridized carbons (Fsp3) is 0.429. The SMILES string of the molecule is COc1ccccc1[C@@H](O)[P@@](=O)(OCCC(C)C)c1ccc(N(C)C)cc1. The molecule has 0 radical (unpaired) electrons. The average molecular weight is 391 g/mol. The van der Waals surface area contributed by atoms with Crippen LogP contribution >= 0.6 is 7.37 Å². The van der Waals surface area contributed by atoms with Gasteiger partial charge in [-0.05, 0) is 42.7 Å². The van der Waals surface area contributed by atoms with Crippen molar-refractivity contribution in [2.24, 2.45) is 5.92 Å². The van der Waals surface area contributed by atoms with Gasteiger partial charge in [0.25, 0.3) is 7.37 Å². The minimum atomic E-state index is -3.57. The molecule has 0 aliphatic carbocycles. The van der Waals surface area contributed by atoms with Crippen LogP contribution in [0.1, 0.15) is 31.7 Å². The van der Waals surface area contributed by atoms with Crippen LogP contribution < -0.4 is 14.9 Å². The molecule has 0 saturated carbocycles. The maximum Gasteiger partial charge on any atom is 0.264 e. The van der Waals surface area contributed by atoms with E-state index >= 15 is 0 Å². The predicted octanol–water partition coefficient (Wildman–Crippen LogP) is 4.42. The molecule has 0 unspecified atom stereocenters. The van der Waals surface area contributed by atoms with Crippen LogP contribution in [0, 0.1) is 5.92 Å². The van der Waals surface area contributed by atoms with Crippen LogP contribution in [0.25, 0.3) is 0 Å². The highest BCUT2D eigenvalue weighted by atomic mass is 31.2. The van der Waals surface area contributed by atoms with E-state index in [2.05, 4.69) is 13.8 Å². The van der Waals surface area contributed by atoms with Crippen LogP contribution in [0.5, 0.6) is 5.75 Å². The van der Waals surface area contributed by atoms with Gasteiger partial charge in [0.15, 0.2) is 5.85 Å². The Morgan fingerprint density at radius 2 is 1.70 bits per heavy atom. The minimum Gasteiger partial charge on any atom is -0.496 e. The fourth-order valence-corrected chi connectivity index (χ4v) is 4.83. The van der Waals surface area contributed by atoms with E-state index in [9.17, 15) is 9.67 Å². The Kier molecular flexibility index (Phi) is 7.49. The number of hydrogen-bond acceptors (Lipinski definition) is 5. The molecule has 5 nitrogen and oxygen atoms in total. The molecule has 0 aromatic heterocycles. The predicted molar refractivity (Wildman–Crippen MR) is 111 cm³/mol. The standard InChI is InChI=1S/C21H30NO4P/c1-16(2)14-15-26-27(24,18-12-10-17(11-13-18)22(3)4)21(23)19-8-6-7-9-20(19)25-5/h6-13,16,21,23H,14-15H2,1-5H3/t21-,27-/m0/s1. The van der Waals surface area contributed by atoms with E-state index in [4.69, 9.17) is 9.26 Å². The first-order valence-corrected chi connectivity index (χ1v) is 10.8. The lowest BCUT2D eigenvalue weighted by Gasteiger charge is -2.26. The summed E-state index contributed by atoms with van der Waals surface area (Å²) in [4.78, 5) is 1.96. The van der Waals surface area contributed by atoms with E-state index < -0.39 is 13.2 Å². The van der Waals surface area contributed by atoms with E-state index in [-0.39, 0.29) is 0 Å². The fourth-order valence-electron chi connectivity index (χ4n) is 2.73. The maximum atomic E-state index is 13.9. The zero-order chi connectivity index (χ0) is 20.0. The van der Waals surface area contributed by atoms with Crippen LogP contribution in [0.2, 0.25) is 0 Å². The van der Waals surface area contributed by atoms with Crippen molar-refractivity contribution in [3.63, 3.8) is 0 Å². The van der Waals surface area contributed by atoms with Crippen LogP contribution in [0.3, 0.4) is 0 Å². The van der Waals surface area contributed by atoms with Crippen LogP contribution in [0.4, 0.5) is 5.69 Å². The monoisotopic (exact) mass is 391 g/mol. The van der Waals surface area contributed by atoms with Gasteiger partial charge >= 0.3 is 0 Å². The summed E-state index contributed by atoms with van der Waals surface area (Å²) in [6.45, 7) is 4.48. The average Bonchev–Trinajstić information content (AvgIpc) is 2.66. The van der Waals surface area contributed by atoms with Crippen LogP contribution in [0.15, 0.2) is 48.5 Å². The third-order valence-electron chi connectivity index (χ3n) is 4.44. The second-order valence-electron chi connectivity index (χ2n) is 7.14. The van der Waals surface area contributed by atoms with Gasteiger partial charge in [-0.15, -0.1) is 0 Å². The molecule has 1 N–H and O–H groups in total. The molecule has 6 heteroatoms. The molecule has 148 valence electrons. The lowest BCUT2D eigenvalue weighted by molar-refractivity contribution is 0.205. The van der Waals surface area contributed by atoms with Gasteiger partial charge in [0.2, 0.25) is 0 Å². The van der Waals surface area contributed by atoms with Gasteiger partial charge in [-0.25, -0.2) is 0 Å². The van der Waals surface area contributed by atoms with E-state index in [0.717, 1.165) is 12.1 Å². The van der Waals surface area contributed by atoms with E-state index in [1.54, 1.807) is 30.3 Å². The number of benzene rings is 2. The lowest BCUT2D eigenvalue weighted by Crippen LogP contribution is -2.17.